The van der Waals surface area contributed by atoms with Crippen molar-refractivity contribution in [3.8, 4) is 5.69 Å². The molecule has 0 radical (unpaired) electrons. The van der Waals surface area contributed by atoms with Gasteiger partial charge in [-0.3, -0.25) is 4.79 Å². The maximum atomic E-state index is 12.5. The number of aromatic nitrogens is 2. The molecule has 3 nitrogen and oxygen atoms in total. The second-order valence-electron chi connectivity index (χ2n) is 4.44. The van der Waals surface area contributed by atoms with Gasteiger partial charge in [-0.05, 0) is 40.2 Å². The first-order chi connectivity index (χ1) is 10.2. The molecule has 0 N–H and O–H groups in total. The molecule has 1 aromatic heterocycles. The van der Waals surface area contributed by atoms with Crippen molar-refractivity contribution in [3.05, 3.63) is 81.5 Å². The predicted octanol–water partition coefficient (Wildman–Crippen LogP) is 4.52. The van der Waals surface area contributed by atoms with E-state index in [0.717, 1.165) is 5.69 Å². The first-order valence-corrected chi connectivity index (χ1v) is 7.43. The van der Waals surface area contributed by atoms with Crippen LogP contribution >= 0.6 is 27.5 Å². The fourth-order valence-corrected chi connectivity index (χ4v) is 2.57. The Bertz CT molecular complexity index is 799. The van der Waals surface area contributed by atoms with E-state index >= 15 is 0 Å². The summed E-state index contributed by atoms with van der Waals surface area (Å²) in [6, 6.07) is 14.9. The van der Waals surface area contributed by atoms with Crippen LogP contribution in [0.25, 0.3) is 5.69 Å². The summed E-state index contributed by atoms with van der Waals surface area (Å²) in [5, 5.41) is 4.64. The van der Waals surface area contributed by atoms with Gasteiger partial charge in [-0.25, -0.2) is 4.68 Å². The largest absolute Gasteiger partial charge is 0.288 e. The highest BCUT2D eigenvalue weighted by Gasteiger charge is 2.16. The van der Waals surface area contributed by atoms with Gasteiger partial charge in [0.05, 0.1) is 22.5 Å². The van der Waals surface area contributed by atoms with E-state index in [2.05, 4.69) is 21.0 Å². The normalized spacial score (nSPS) is 10.6. The van der Waals surface area contributed by atoms with Crippen LogP contribution in [0.4, 0.5) is 0 Å². The molecule has 0 spiro atoms. The van der Waals surface area contributed by atoms with E-state index in [4.69, 9.17) is 11.6 Å². The standard InChI is InChI=1S/C16H10BrClN2O/c17-14-8-4-7-13(15(14)18)16(21)11-9-19-20(10-11)12-5-2-1-3-6-12/h1-10H. The van der Waals surface area contributed by atoms with Gasteiger partial charge in [0.25, 0.3) is 0 Å². The van der Waals surface area contributed by atoms with E-state index in [-0.39, 0.29) is 5.78 Å². The van der Waals surface area contributed by atoms with E-state index in [0.29, 0.717) is 20.6 Å². The molecule has 0 amide bonds. The smallest absolute Gasteiger partial charge is 0.197 e. The fraction of sp³-hybridized carbons (Fsp3) is 0. The van der Waals surface area contributed by atoms with Crippen LogP contribution in [0, 0.1) is 0 Å². The van der Waals surface area contributed by atoms with Gasteiger partial charge < -0.3 is 0 Å². The highest BCUT2D eigenvalue weighted by molar-refractivity contribution is 9.10. The molecular formula is C16H10BrClN2O. The maximum Gasteiger partial charge on any atom is 0.197 e. The van der Waals surface area contributed by atoms with Gasteiger partial charge in [-0.2, -0.15) is 5.10 Å². The molecule has 0 saturated heterocycles. The summed E-state index contributed by atoms with van der Waals surface area (Å²) in [7, 11) is 0. The lowest BCUT2D eigenvalue weighted by molar-refractivity contribution is 0.103. The molecule has 0 fully saturated rings. The van der Waals surface area contributed by atoms with Crippen molar-refractivity contribution >= 4 is 33.3 Å². The van der Waals surface area contributed by atoms with E-state index in [1.165, 1.54) is 0 Å². The Balaban J connectivity index is 1.97. The van der Waals surface area contributed by atoms with Gasteiger partial charge in [0.2, 0.25) is 0 Å². The minimum absolute atomic E-state index is 0.150. The molecule has 5 heteroatoms. The Morgan fingerprint density at radius 1 is 1.10 bits per heavy atom. The Kier molecular flexibility index (Phi) is 3.90. The molecule has 0 bridgehead atoms. The first-order valence-electron chi connectivity index (χ1n) is 6.25. The van der Waals surface area contributed by atoms with Gasteiger partial charge in [0.15, 0.2) is 5.78 Å². The summed E-state index contributed by atoms with van der Waals surface area (Å²) in [5.41, 5.74) is 1.86. The Hall–Kier alpha value is -1.91. The number of halogens is 2. The number of nitrogens with zero attached hydrogens (tertiary/aromatic N) is 2. The number of rotatable bonds is 3. The van der Waals surface area contributed by atoms with Crippen LogP contribution in [-0.2, 0) is 0 Å². The third-order valence-electron chi connectivity index (χ3n) is 3.06. The lowest BCUT2D eigenvalue weighted by Gasteiger charge is -2.03. The first kappa shape index (κ1) is 14.0. The molecule has 0 aliphatic rings. The molecular weight excluding hydrogens is 352 g/mol. The van der Waals surface area contributed by atoms with E-state index in [1.807, 2.05) is 30.3 Å². The topological polar surface area (TPSA) is 34.9 Å². The minimum atomic E-state index is -0.150. The van der Waals surface area contributed by atoms with Crippen LogP contribution in [0.15, 0.2) is 65.4 Å². The number of carbonyl (C=O) groups excluding carboxylic acids is 1. The second kappa shape index (κ2) is 5.84. The van der Waals surface area contributed by atoms with Crippen molar-refractivity contribution in [2.75, 3.05) is 0 Å². The average Bonchev–Trinajstić information content (AvgIpc) is 3.00. The van der Waals surface area contributed by atoms with Crippen LogP contribution in [0.5, 0.6) is 0 Å². The molecule has 1 heterocycles. The summed E-state index contributed by atoms with van der Waals surface area (Å²) in [6.07, 6.45) is 3.25. The van der Waals surface area contributed by atoms with Crippen molar-refractivity contribution < 1.29 is 4.79 Å². The Morgan fingerprint density at radius 2 is 1.86 bits per heavy atom. The quantitative estimate of drug-likeness (QED) is 0.643. The lowest BCUT2D eigenvalue weighted by atomic mass is 10.1. The van der Waals surface area contributed by atoms with Gasteiger partial charge >= 0.3 is 0 Å². The number of para-hydroxylation sites is 1. The van der Waals surface area contributed by atoms with E-state index in [9.17, 15) is 4.79 Å². The van der Waals surface area contributed by atoms with Crippen molar-refractivity contribution in [1.82, 2.24) is 9.78 Å². The van der Waals surface area contributed by atoms with Crippen LogP contribution < -0.4 is 0 Å². The number of hydrogen-bond acceptors (Lipinski definition) is 2. The Labute approximate surface area is 135 Å². The third-order valence-corrected chi connectivity index (χ3v) is 4.36. The van der Waals surface area contributed by atoms with E-state index in [1.54, 1.807) is 35.3 Å². The number of hydrogen-bond donors (Lipinski definition) is 0. The maximum absolute atomic E-state index is 12.5. The molecule has 3 aromatic rings. The van der Waals surface area contributed by atoms with Gasteiger partial charge in [0, 0.05) is 16.2 Å². The van der Waals surface area contributed by atoms with Gasteiger partial charge in [-0.1, -0.05) is 35.9 Å². The molecule has 21 heavy (non-hydrogen) atoms. The molecule has 3 rings (SSSR count). The summed E-state index contributed by atoms with van der Waals surface area (Å²) in [4.78, 5) is 12.5. The number of ketones is 1. The summed E-state index contributed by atoms with van der Waals surface area (Å²) >= 11 is 9.49. The average molecular weight is 362 g/mol. The van der Waals surface area contributed by atoms with E-state index < -0.39 is 0 Å². The molecule has 0 aliphatic carbocycles. The predicted molar refractivity (Wildman–Crippen MR) is 86.1 cm³/mol. The number of benzene rings is 2. The summed E-state index contributed by atoms with van der Waals surface area (Å²) < 4.78 is 2.37. The highest BCUT2D eigenvalue weighted by Crippen LogP contribution is 2.27. The highest BCUT2D eigenvalue weighted by atomic mass is 79.9. The minimum Gasteiger partial charge on any atom is -0.288 e. The van der Waals surface area contributed by atoms with Crippen molar-refractivity contribution in [2.24, 2.45) is 0 Å². The summed E-state index contributed by atoms with van der Waals surface area (Å²) in [6.45, 7) is 0. The number of carbonyl (C=O) groups is 1. The lowest BCUT2D eigenvalue weighted by Crippen LogP contribution is -2.01. The molecule has 2 aromatic carbocycles. The summed E-state index contributed by atoms with van der Waals surface area (Å²) in [5.74, 6) is -0.150. The van der Waals surface area contributed by atoms with Gasteiger partial charge in [-0.15, -0.1) is 0 Å². The monoisotopic (exact) mass is 360 g/mol. The van der Waals surface area contributed by atoms with Crippen LogP contribution in [0.2, 0.25) is 5.02 Å². The SMILES string of the molecule is O=C(c1cnn(-c2ccccc2)c1)c1cccc(Br)c1Cl. The molecule has 0 atom stereocenters. The zero-order chi connectivity index (χ0) is 14.8. The fourth-order valence-electron chi connectivity index (χ4n) is 2.00. The van der Waals surface area contributed by atoms with Crippen molar-refractivity contribution in [2.45, 2.75) is 0 Å². The third kappa shape index (κ3) is 2.77. The van der Waals surface area contributed by atoms with Gasteiger partial charge in [0.1, 0.15) is 0 Å². The zero-order valence-corrected chi connectivity index (χ0v) is 13.2. The molecule has 104 valence electrons. The second-order valence-corrected chi connectivity index (χ2v) is 5.67. The molecule has 0 unspecified atom stereocenters. The molecule has 0 saturated carbocycles. The van der Waals surface area contributed by atoms with Crippen LogP contribution in [0.3, 0.4) is 0 Å². The van der Waals surface area contributed by atoms with Crippen molar-refractivity contribution in [1.29, 1.82) is 0 Å². The molecule has 0 aliphatic heterocycles. The van der Waals surface area contributed by atoms with Crippen molar-refractivity contribution in [3.63, 3.8) is 0 Å². The van der Waals surface area contributed by atoms with Crippen LogP contribution in [-0.4, -0.2) is 15.6 Å². The zero-order valence-electron chi connectivity index (χ0n) is 10.8. The Morgan fingerprint density at radius 3 is 2.62 bits per heavy atom. The van der Waals surface area contributed by atoms with Crippen LogP contribution in [0.1, 0.15) is 15.9 Å².